The van der Waals surface area contributed by atoms with Crippen molar-refractivity contribution in [3.8, 4) is 0 Å². The van der Waals surface area contributed by atoms with Crippen LogP contribution < -0.4 is 0 Å². The smallest absolute Gasteiger partial charge is 0.186 e. The fourth-order valence-corrected chi connectivity index (χ4v) is 2.12. The summed E-state index contributed by atoms with van der Waals surface area (Å²) in [7, 11) is 4.87. The van der Waals surface area contributed by atoms with Crippen molar-refractivity contribution in [1.82, 2.24) is 0 Å². The summed E-state index contributed by atoms with van der Waals surface area (Å²) in [6.07, 6.45) is -1.09. The molecule has 1 saturated heterocycles. The van der Waals surface area contributed by atoms with Crippen LogP contribution in [-0.2, 0) is 23.7 Å². The fraction of sp³-hybridized carbons (Fsp3) is 1.00. The highest BCUT2D eigenvalue weighted by molar-refractivity contribution is 4.90. The van der Waals surface area contributed by atoms with Crippen LogP contribution in [0, 0.1) is 0 Å². The van der Waals surface area contributed by atoms with Gasteiger partial charge in [0.2, 0.25) is 0 Å². The Bertz CT molecular complexity index is 199. The molecule has 5 atom stereocenters. The number of ether oxygens (including phenoxy) is 5. The average Bonchev–Trinajstić information content (AvgIpc) is 2.29. The summed E-state index contributed by atoms with van der Waals surface area (Å²) in [5.41, 5.74) is 0. The first kappa shape index (κ1) is 13.9. The SMILES string of the molecule is CCO[C@@H]1[C@@H](OC)[C@H](C)O[C@@H](OC)[C@@H]1OC. The van der Waals surface area contributed by atoms with Crippen LogP contribution in [-0.4, -0.2) is 58.6 Å². The second kappa shape index (κ2) is 6.51. The zero-order chi connectivity index (χ0) is 12.1. The zero-order valence-electron chi connectivity index (χ0n) is 10.6. The maximum Gasteiger partial charge on any atom is 0.186 e. The molecule has 0 aromatic rings. The average molecular weight is 234 g/mol. The van der Waals surface area contributed by atoms with Gasteiger partial charge in [-0.15, -0.1) is 0 Å². The summed E-state index contributed by atoms with van der Waals surface area (Å²) in [6.45, 7) is 4.49. The first-order chi connectivity index (χ1) is 7.69. The molecule has 1 aliphatic heterocycles. The second-order valence-electron chi connectivity index (χ2n) is 3.77. The van der Waals surface area contributed by atoms with Crippen molar-refractivity contribution in [1.29, 1.82) is 0 Å². The Kier molecular flexibility index (Phi) is 5.64. The Morgan fingerprint density at radius 3 is 2.00 bits per heavy atom. The lowest BCUT2D eigenvalue weighted by molar-refractivity contribution is -0.301. The third kappa shape index (κ3) is 2.73. The van der Waals surface area contributed by atoms with Gasteiger partial charge in [0.15, 0.2) is 6.29 Å². The van der Waals surface area contributed by atoms with Gasteiger partial charge in [-0.05, 0) is 13.8 Å². The minimum absolute atomic E-state index is 0.0853. The van der Waals surface area contributed by atoms with Gasteiger partial charge in [0.05, 0.1) is 6.10 Å². The molecular formula is C11H22O5. The molecule has 1 aliphatic rings. The van der Waals surface area contributed by atoms with E-state index < -0.39 is 6.29 Å². The summed E-state index contributed by atoms with van der Waals surface area (Å²) in [5, 5.41) is 0. The normalized spacial score (nSPS) is 39.9. The molecule has 1 rings (SSSR count). The quantitative estimate of drug-likeness (QED) is 0.704. The van der Waals surface area contributed by atoms with E-state index in [1.165, 1.54) is 0 Å². The van der Waals surface area contributed by atoms with Crippen LogP contribution in [0.25, 0.3) is 0 Å². The molecule has 0 bridgehead atoms. The molecule has 1 heterocycles. The summed E-state index contributed by atoms with van der Waals surface area (Å²) in [4.78, 5) is 0. The molecule has 0 unspecified atom stereocenters. The molecule has 0 aromatic carbocycles. The molecule has 5 heteroatoms. The van der Waals surface area contributed by atoms with E-state index >= 15 is 0 Å². The van der Waals surface area contributed by atoms with E-state index in [1.54, 1.807) is 21.3 Å². The molecular weight excluding hydrogens is 212 g/mol. The van der Waals surface area contributed by atoms with Gasteiger partial charge >= 0.3 is 0 Å². The number of rotatable bonds is 5. The molecule has 96 valence electrons. The topological polar surface area (TPSA) is 46.2 Å². The van der Waals surface area contributed by atoms with Crippen molar-refractivity contribution < 1.29 is 23.7 Å². The highest BCUT2D eigenvalue weighted by Crippen LogP contribution is 2.27. The third-order valence-corrected chi connectivity index (χ3v) is 2.86. The molecule has 0 amide bonds. The Labute approximate surface area is 97.0 Å². The van der Waals surface area contributed by atoms with Gasteiger partial charge in [-0.2, -0.15) is 0 Å². The zero-order valence-corrected chi connectivity index (χ0v) is 10.6. The van der Waals surface area contributed by atoms with Crippen LogP contribution in [0.2, 0.25) is 0 Å². The Morgan fingerprint density at radius 1 is 0.938 bits per heavy atom. The minimum atomic E-state index is -0.414. The molecule has 0 N–H and O–H groups in total. The summed E-state index contributed by atoms with van der Waals surface area (Å²) < 4.78 is 27.4. The molecule has 0 radical (unpaired) electrons. The Morgan fingerprint density at radius 2 is 1.56 bits per heavy atom. The molecule has 5 nitrogen and oxygen atoms in total. The van der Waals surface area contributed by atoms with E-state index in [9.17, 15) is 0 Å². The highest BCUT2D eigenvalue weighted by atomic mass is 16.7. The predicted molar refractivity (Wildman–Crippen MR) is 58.4 cm³/mol. The number of hydrogen-bond acceptors (Lipinski definition) is 5. The van der Waals surface area contributed by atoms with Gasteiger partial charge in [0, 0.05) is 27.9 Å². The first-order valence-electron chi connectivity index (χ1n) is 5.55. The Hall–Kier alpha value is -0.200. The van der Waals surface area contributed by atoms with Crippen LogP contribution in [0.1, 0.15) is 13.8 Å². The molecule has 0 spiro atoms. The van der Waals surface area contributed by atoms with Gasteiger partial charge in [-0.1, -0.05) is 0 Å². The van der Waals surface area contributed by atoms with Crippen molar-refractivity contribution >= 4 is 0 Å². The van der Waals surface area contributed by atoms with Crippen LogP contribution in [0.3, 0.4) is 0 Å². The lowest BCUT2D eigenvalue weighted by Gasteiger charge is -2.43. The molecule has 0 aromatic heterocycles. The van der Waals surface area contributed by atoms with Crippen molar-refractivity contribution in [2.24, 2.45) is 0 Å². The predicted octanol–water partition coefficient (Wildman–Crippen LogP) is 0.813. The minimum Gasteiger partial charge on any atom is -0.376 e. The maximum absolute atomic E-state index is 5.68. The van der Waals surface area contributed by atoms with E-state index in [1.807, 2.05) is 13.8 Å². The molecule has 0 saturated carbocycles. The lowest BCUT2D eigenvalue weighted by Crippen LogP contribution is -2.59. The molecule has 16 heavy (non-hydrogen) atoms. The van der Waals surface area contributed by atoms with Gasteiger partial charge in [-0.3, -0.25) is 0 Å². The molecule has 1 fully saturated rings. The monoisotopic (exact) mass is 234 g/mol. The van der Waals surface area contributed by atoms with Crippen LogP contribution in [0.4, 0.5) is 0 Å². The lowest BCUT2D eigenvalue weighted by atomic mass is 9.99. The fourth-order valence-electron chi connectivity index (χ4n) is 2.12. The van der Waals surface area contributed by atoms with Crippen molar-refractivity contribution in [3.63, 3.8) is 0 Å². The highest BCUT2D eigenvalue weighted by Gasteiger charge is 2.45. The van der Waals surface area contributed by atoms with Gasteiger partial charge < -0.3 is 23.7 Å². The van der Waals surface area contributed by atoms with E-state index in [0.29, 0.717) is 6.61 Å². The Balaban J connectivity index is 2.81. The van der Waals surface area contributed by atoms with Gasteiger partial charge in [-0.25, -0.2) is 0 Å². The van der Waals surface area contributed by atoms with Crippen LogP contribution in [0.5, 0.6) is 0 Å². The van der Waals surface area contributed by atoms with Crippen molar-refractivity contribution in [2.75, 3.05) is 27.9 Å². The number of methoxy groups -OCH3 is 3. The molecule has 0 aliphatic carbocycles. The van der Waals surface area contributed by atoms with E-state index in [-0.39, 0.29) is 24.4 Å². The maximum atomic E-state index is 5.68. The largest absolute Gasteiger partial charge is 0.376 e. The van der Waals surface area contributed by atoms with Gasteiger partial charge in [0.1, 0.15) is 18.3 Å². The number of hydrogen-bond donors (Lipinski definition) is 0. The second-order valence-corrected chi connectivity index (χ2v) is 3.77. The first-order valence-corrected chi connectivity index (χ1v) is 5.55. The van der Waals surface area contributed by atoms with Crippen molar-refractivity contribution in [2.45, 2.75) is 44.6 Å². The van der Waals surface area contributed by atoms with E-state index in [2.05, 4.69) is 0 Å². The van der Waals surface area contributed by atoms with Crippen molar-refractivity contribution in [3.05, 3.63) is 0 Å². The standard InChI is InChI=1S/C11H22O5/c1-6-15-9-8(12-3)7(2)16-11(14-5)10(9)13-4/h7-11H,6H2,1-5H3/t7-,8-,9+,10+,11+/m0/s1. The van der Waals surface area contributed by atoms with Crippen LogP contribution in [0.15, 0.2) is 0 Å². The summed E-state index contributed by atoms with van der Waals surface area (Å²) in [5.74, 6) is 0. The van der Waals surface area contributed by atoms with Crippen LogP contribution >= 0.6 is 0 Å². The van der Waals surface area contributed by atoms with E-state index in [0.717, 1.165) is 0 Å². The summed E-state index contributed by atoms with van der Waals surface area (Å²) in [6, 6.07) is 0. The summed E-state index contributed by atoms with van der Waals surface area (Å²) >= 11 is 0. The van der Waals surface area contributed by atoms with E-state index in [4.69, 9.17) is 23.7 Å². The van der Waals surface area contributed by atoms with Gasteiger partial charge in [0.25, 0.3) is 0 Å². The third-order valence-electron chi connectivity index (χ3n) is 2.86.